The van der Waals surface area contributed by atoms with E-state index in [1.165, 1.54) is 6.08 Å². The minimum absolute atomic E-state index is 0.0263. The van der Waals surface area contributed by atoms with E-state index in [1.807, 2.05) is 43.5 Å². The number of esters is 1. The normalized spacial score (nSPS) is 11.0. The number of aromatic amines is 1. The summed E-state index contributed by atoms with van der Waals surface area (Å²) in [6.07, 6.45) is 4.05. The molecular weight excluding hydrogens is 434 g/mol. The molecule has 0 unspecified atom stereocenters. The summed E-state index contributed by atoms with van der Waals surface area (Å²) in [7, 11) is 0. The van der Waals surface area contributed by atoms with Crippen LogP contribution in [0.25, 0.3) is 17.0 Å². The van der Waals surface area contributed by atoms with Crippen LogP contribution in [-0.2, 0) is 20.7 Å². The van der Waals surface area contributed by atoms with Crippen LogP contribution in [0.15, 0.2) is 54.2 Å². The highest BCUT2D eigenvalue weighted by molar-refractivity contribution is 6.01. The van der Waals surface area contributed by atoms with Crippen molar-refractivity contribution in [3.05, 3.63) is 65.4 Å². The first-order valence-corrected chi connectivity index (χ1v) is 11.1. The highest BCUT2D eigenvalue weighted by Gasteiger charge is 2.13. The van der Waals surface area contributed by atoms with Crippen molar-refractivity contribution in [2.75, 3.05) is 26.4 Å². The summed E-state index contributed by atoms with van der Waals surface area (Å²) >= 11 is 0. The number of nitrogens with zero attached hydrogens (tertiary/aromatic N) is 1. The second kappa shape index (κ2) is 12.1. The van der Waals surface area contributed by atoms with Gasteiger partial charge in [0.2, 0.25) is 0 Å². The fourth-order valence-electron chi connectivity index (χ4n) is 3.40. The minimum atomic E-state index is -0.481. The molecule has 0 spiro atoms. The number of para-hydroxylation sites is 1. The second-order valence-electron chi connectivity index (χ2n) is 7.27. The zero-order valence-electron chi connectivity index (χ0n) is 19.2. The fraction of sp³-hybridized carbons (Fsp3) is 0.269. The number of nitriles is 1. The van der Waals surface area contributed by atoms with Crippen molar-refractivity contribution in [1.29, 1.82) is 5.26 Å². The molecule has 0 saturated carbocycles. The average molecular weight is 462 g/mol. The Balaban J connectivity index is 1.65. The summed E-state index contributed by atoms with van der Waals surface area (Å²) in [4.78, 5) is 27.3. The van der Waals surface area contributed by atoms with Crippen molar-refractivity contribution < 1.29 is 23.8 Å². The van der Waals surface area contributed by atoms with Gasteiger partial charge in [0.25, 0.3) is 5.91 Å². The van der Waals surface area contributed by atoms with Crippen molar-refractivity contribution in [2.24, 2.45) is 0 Å². The maximum Gasteiger partial charge on any atom is 0.344 e. The third-order valence-corrected chi connectivity index (χ3v) is 4.95. The molecule has 0 fully saturated rings. The molecule has 1 aromatic heterocycles. The van der Waals surface area contributed by atoms with Crippen LogP contribution in [0.5, 0.6) is 11.5 Å². The van der Waals surface area contributed by atoms with Crippen molar-refractivity contribution >= 4 is 28.9 Å². The van der Waals surface area contributed by atoms with Gasteiger partial charge < -0.3 is 24.5 Å². The van der Waals surface area contributed by atoms with Crippen LogP contribution in [0, 0.1) is 11.3 Å². The molecule has 176 valence electrons. The Kier molecular flexibility index (Phi) is 8.69. The zero-order chi connectivity index (χ0) is 24.3. The number of amides is 1. The highest BCUT2D eigenvalue weighted by atomic mass is 16.6. The maximum absolute atomic E-state index is 12.6. The minimum Gasteiger partial charge on any atom is -0.490 e. The van der Waals surface area contributed by atoms with Gasteiger partial charge >= 0.3 is 5.97 Å². The SMILES string of the molecule is CCOC(=O)COc1ccc(/C=C(/C#N)C(=O)NCCc2c[nH]c3ccccc23)cc1OCC. The van der Waals surface area contributed by atoms with Crippen LogP contribution in [-0.4, -0.2) is 43.2 Å². The Labute approximate surface area is 198 Å². The number of carbonyl (C=O) groups excluding carboxylic acids is 2. The molecule has 8 nitrogen and oxygen atoms in total. The summed E-state index contributed by atoms with van der Waals surface area (Å²) in [5.74, 6) is -0.167. The highest BCUT2D eigenvalue weighted by Crippen LogP contribution is 2.29. The smallest absolute Gasteiger partial charge is 0.344 e. The van der Waals surface area contributed by atoms with E-state index in [9.17, 15) is 14.9 Å². The quantitative estimate of drug-likeness (QED) is 0.255. The lowest BCUT2D eigenvalue weighted by Crippen LogP contribution is -2.26. The Morgan fingerprint density at radius 1 is 1.09 bits per heavy atom. The van der Waals surface area contributed by atoms with Gasteiger partial charge in [-0.2, -0.15) is 5.26 Å². The summed E-state index contributed by atoms with van der Waals surface area (Å²) in [6.45, 7) is 4.33. The van der Waals surface area contributed by atoms with Crippen LogP contribution in [0.1, 0.15) is 25.0 Å². The molecule has 0 saturated heterocycles. The molecule has 0 bridgehead atoms. The molecule has 1 amide bonds. The van der Waals surface area contributed by atoms with Crippen molar-refractivity contribution in [3.8, 4) is 17.6 Å². The van der Waals surface area contributed by atoms with Gasteiger partial charge in [0.15, 0.2) is 18.1 Å². The molecule has 2 N–H and O–H groups in total. The summed E-state index contributed by atoms with van der Waals surface area (Å²) in [6, 6.07) is 14.9. The van der Waals surface area contributed by atoms with Crippen LogP contribution < -0.4 is 14.8 Å². The molecule has 3 rings (SSSR count). The number of nitrogens with one attached hydrogen (secondary N) is 2. The van der Waals surface area contributed by atoms with E-state index >= 15 is 0 Å². The predicted octanol–water partition coefficient (Wildman–Crippen LogP) is 3.77. The van der Waals surface area contributed by atoms with Gasteiger partial charge in [-0.05, 0) is 55.7 Å². The van der Waals surface area contributed by atoms with Crippen LogP contribution in [0.3, 0.4) is 0 Å². The number of aromatic nitrogens is 1. The topological polar surface area (TPSA) is 113 Å². The molecule has 1 heterocycles. The number of hydrogen-bond donors (Lipinski definition) is 2. The molecule has 8 heteroatoms. The van der Waals surface area contributed by atoms with E-state index in [1.54, 1.807) is 25.1 Å². The lowest BCUT2D eigenvalue weighted by molar-refractivity contribution is -0.145. The number of fused-ring (bicyclic) bond motifs is 1. The largest absolute Gasteiger partial charge is 0.490 e. The summed E-state index contributed by atoms with van der Waals surface area (Å²) in [5, 5.41) is 13.4. The van der Waals surface area contributed by atoms with E-state index in [4.69, 9.17) is 14.2 Å². The lowest BCUT2D eigenvalue weighted by atomic mass is 10.1. The number of carbonyl (C=O) groups is 2. The van der Waals surface area contributed by atoms with E-state index in [0.717, 1.165) is 16.5 Å². The standard InChI is InChI=1S/C26H27N3O5/c1-3-32-24-14-18(9-10-23(24)34-17-25(30)33-4-2)13-20(15-27)26(31)28-12-11-19-16-29-22-8-6-5-7-21(19)22/h5-10,13-14,16,29H,3-4,11-12,17H2,1-2H3,(H,28,31)/b20-13-. The molecule has 0 radical (unpaired) electrons. The van der Waals surface area contributed by atoms with E-state index in [0.29, 0.717) is 36.6 Å². The number of benzene rings is 2. The predicted molar refractivity (Wildman–Crippen MR) is 128 cm³/mol. The fourth-order valence-corrected chi connectivity index (χ4v) is 3.40. The average Bonchev–Trinajstić information content (AvgIpc) is 3.25. The van der Waals surface area contributed by atoms with E-state index in [-0.39, 0.29) is 18.8 Å². The first kappa shape index (κ1) is 24.4. The number of rotatable bonds is 11. The number of H-pyrrole nitrogens is 1. The number of ether oxygens (including phenoxy) is 3. The Hall–Kier alpha value is -4.25. The molecule has 34 heavy (non-hydrogen) atoms. The van der Waals surface area contributed by atoms with Crippen LogP contribution in [0.2, 0.25) is 0 Å². The summed E-state index contributed by atoms with van der Waals surface area (Å²) < 4.78 is 15.9. The first-order chi connectivity index (χ1) is 16.5. The van der Waals surface area contributed by atoms with Gasteiger partial charge in [0.1, 0.15) is 11.6 Å². The summed E-state index contributed by atoms with van der Waals surface area (Å²) in [5.41, 5.74) is 2.70. The van der Waals surface area contributed by atoms with Gasteiger partial charge in [-0.15, -0.1) is 0 Å². The Morgan fingerprint density at radius 2 is 1.91 bits per heavy atom. The molecule has 0 aliphatic heterocycles. The Morgan fingerprint density at radius 3 is 2.68 bits per heavy atom. The first-order valence-electron chi connectivity index (χ1n) is 11.1. The molecule has 0 aliphatic rings. The Bertz CT molecular complexity index is 1220. The third kappa shape index (κ3) is 6.39. The van der Waals surface area contributed by atoms with Crippen LogP contribution in [0.4, 0.5) is 0 Å². The third-order valence-electron chi connectivity index (χ3n) is 4.95. The molecular formula is C26H27N3O5. The van der Waals surface area contributed by atoms with Gasteiger partial charge in [-0.1, -0.05) is 24.3 Å². The van der Waals surface area contributed by atoms with Gasteiger partial charge in [-0.3, -0.25) is 4.79 Å². The second-order valence-corrected chi connectivity index (χ2v) is 7.27. The molecule has 0 aliphatic carbocycles. The molecule has 3 aromatic rings. The zero-order valence-corrected chi connectivity index (χ0v) is 19.2. The lowest BCUT2D eigenvalue weighted by Gasteiger charge is -2.12. The van der Waals surface area contributed by atoms with Gasteiger partial charge in [0.05, 0.1) is 13.2 Å². The maximum atomic E-state index is 12.6. The van der Waals surface area contributed by atoms with Gasteiger partial charge in [0, 0.05) is 23.6 Å². The van der Waals surface area contributed by atoms with Crippen LogP contribution >= 0.6 is 0 Å². The van der Waals surface area contributed by atoms with E-state index in [2.05, 4.69) is 10.3 Å². The van der Waals surface area contributed by atoms with Crippen molar-refractivity contribution in [1.82, 2.24) is 10.3 Å². The van der Waals surface area contributed by atoms with Crippen molar-refractivity contribution in [3.63, 3.8) is 0 Å². The van der Waals surface area contributed by atoms with E-state index < -0.39 is 11.9 Å². The monoisotopic (exact) mass is 461 g/mol. The number of hydrogen-bond acceptors (Lipinski definition) is 6. The van der Waals surface area contributed by atoms with Crippen molar-refractivity contribution in [2.45, 2.75) is 20.3 Å². The molecule has 2 aromatic carbocycles. The van der Waals surface area contributed by atoms with Gasteiger partial charge in [-0.25, -0.2) is 4.79 Å². The molecule has 0 atom stereocenters.